The van der Waals surface area contributed by atoms with Crippen molar-refractivity contribution < 1.29 is 31.9 Å². The summed E-state index contributed by atoms with van der Waals surface area (Å²) in [6, 6.07) is 15.2. The Bertz CT molecular complexity index is 1410. The molecule has 1 atom stereocenters. The fourth-order valence-corrected chi connectivity index (χ4v) is 5.85. The second kappa shape index (κ2) is 10.7. The Hall–Kier alpha value is -3.76. The minimum atomic E-state index is -4.26. The van der Waals surface area contributed by atoms with Crippen molar-refractivity contribution in [1.29, 1.82) is 0 Å². The van der Waals surface area contributed by atoms with Gasteiger partial charge < -0.3 is 9.47 Å². The third-order valence-corrected chi connectivity index (χ3v) is 8.17. The van der Waals surface area contributed by atoms with E-state index in [1.54, 1.807) is 42.5 Å². The van der Waals surface area contributed by atoms with E-state index in [2.05, 4.69) is 0 Å². The Morgan fingerprint density at radius 3 is 2.22 bits per heavy atom. The molecular formula is C27H27FN2O6S. The quantitative estimate of drug-likeness (QED) is 0.395. The molecule has 1 saturated heterocycles. The first-order valence-electron chi connectivity index (χ1n) is 11.6. The van der Waals surface area contributed by atoms with Gasteiger partial charge in [-0.2, -0.15) is 4.31 Å². The topological polar surface area (TPSA) is 93.2 Å². The average molecular weight is 527 g/mol. The number of rotatable bonds is 9. The Morgan fingerprint density at radius 1 is 0.946 bits per heavy atom. The first-order chi connectivity index (χ1) is 17.6. The van der Waals surface area contributed by atoms with Crippen molar-refractivity contribution in [3.8, 4) is 11.5 Å². The fraction of sp³-hybridized carbons (Fsp3) is 0.259. The minimum absolute atomic E-state index is 0.0966. The molecule has 0 N–H and O–H groups in total. The summed E-state index contributed by atoms with van der Waals surface area (Å²) in [6.07, 6.45) is -0.0810. The monoisotopic (exact) mass is 526 g/mol. The van der Waals surface area contributed by atoms with Gasteiger partial charge in [-0.05, 0) is 67.4 Å². The molecule has 1 fully saturated rings. The number of anilines is 1. The number of amides is 2. The zero-order valence-corrected chi connectivity index (χ0v) is 21.5. The number of aryl methyl sites for hydroxylation is 1. The van der Waals surface area contributed by atoms with E-state index in [4.69, 9.17) is 9.47 Å². The Balaban J connectivity index is 1.69. The summed E-state index contributed by atoms with van der Waals surface area (Å²) in [5.41, 5.74) is 2.07. The number of ether oxygens (including phenoxy) is 2. The van der Waals surface area contributed by atoms with Gasteiger partial charge in [0, 0.05) is 6.54 Å². The van der Waals surface area contributed by atoms with E-state index in [1.165, 1.54) is 14.2 Å². The molecule has 194 valence electrons. The van der Waals surface area contributed by atoms with Crippen LogP contribution in [-0.4, -0.2) is 51.3 Å². The van der Waals surface area contributed by atoms with Gasteiger partial charge in [0.2, 0.25) is 15.9 Å². The predicted octanol–water partition coefficient (Wildman–Crippen LogP) is 3.72. The molecule has 3 aromatic rings. The summed E-state index contributed by atoms with van der Waals surface area (Å²) in [6.45, 7) is 1.78. The predicted molar refractivity (Wildman–Crippen MR) is 136 cm³/mol. The molecule has 0 aliphatic carbocycles. The molecule has 1 aliphatic rings. The van der Waals surface area contributed by atoms with Gasteiger partial charge in [0.05, 0.1) is 31.2 Å². The van der Waals surface area contributed by atoms with Crippen LogP contribution in [-0.2, 0) is 26.0 Å². The molecule has 1 heterocycles. The van der Waals surface area contributed by atoms with Crippen LogP contribution in [0.1, 0.15) is 17.5 Å². The molecule has 2 amide bonds. The van der Waals surface area contributed by atoms with Gasteiger partial charge in [0.25, 0.3) is 5.91 Å². The molecule has 37 heavy (non-hydrogen) atoms. The van der Waals surface area contributed by atoms with E-state index in [9.17, 15) is 22.4 Å². The normalized spacial score (nSPS) is 15.9. The van der Waals surface area contributed by atoms with Crippen molar-refractivity contribution in [3.63, 3.8) is 0 Å². The van der Waals surface area contributed by atoms with Crippen LogP contribution < -0.4 is 14.4 Å². The van der Waals surface area contributed by atoms with Crippen LogP contribution in [0, 0.1) is 12.7 Å². The van der Waals surface area contributed by atoms with Crippen LogP contribution >= 0.6 is 0 Å². The third kappa shape index (κ3) is 5.35. The van der Waals surface area contributed by atoms with E-state index >= 15 is 0 Å². The van der Waals surface area contributed by atoms with Crippen molar-refractivity contribution in [2.24, 2.45) is 0 Å². The Labute approximate surface area is 215 Å². The lowest BCUT2D eigenvalue weighted by atomic mass is 10.1. The second-order valence-corrected chi connectivity index (χ2v) is 10.5. The van der Waals surface area contributed by atoms with Crippen molar-refractivity contribution in [2.75, 3.05) is 25.7 Å². The molecule has 0 aromatic heterocycles. The van der Waals surface area contributed by atoms with E-state index in [-0.39, 0.29) is 24.3 Å². The number of imide groups is 1. The zero-order chi connectivity index (χ0) is 26.7. The fourth-order valence-electron chi connectivity index (χ4n) is 4.27. The standard InChI is InChI=1S/C27H27FN2O6S/c1-18-4-9-21(10-5-18)30-26(31)17-23(27(30)32)29(37(33,34)22-11-7-20(28)8-12-22)15-14-19-6-13-24(35-2)25(16-19)36-3/h4-13,16,23H,14-15,17H2,1-3H3. The number of nitrogens with zero attached hydrogens (tertiary/aromatic N) is 2. The van der Waals surface area contributed by atoms with Crippen molar-refractivity contribution in [2.45, 2.75) is 30.7 Å². The SMILES string of the molecule is COc1ccc(CCN(C2CC(=O)N(c3ccc(C)cc3)C2=O)S(=O)(=O)c2ccc(F)cc2)cc1OC. The maximum Gasteiger partial charge on any atom is 0.252 e. The maximum atomic E-state index is 13.7. The number of sulfonamides is 1. The van der Waals surface area contributed by atoms with Gasteiger partial charge in [-0.3, -0.25) is 9.59 Å². The number of benzene rings is 3. The highest BCUT2D eigenvalue weighted by Gasteiger charge is 2.46. The number of halogens is 1. The molecule has 3 aromatic carbocycles. The maximum absolute atomic E-state index is 13.7. The van der Waals surface area contributed by atoms with Crippen LogP contribution in [0.3, 0.4) is 0 Å². The molecule has 10 heteroatoms. The highest BCUT2D eigenvalue weighted by Crippen LogP contribution is 2.31. The van der Waals surface area contributed by atoms with Gasteiger partial charge in [0.1, 0.15) is 11.9 Å². The molecule has 0 bridgehead atoms. The van der Waals surface area contributed by atoms with Crippen molar-refractivity contribution >= 4 is 27.5 Å². The van der Waals surface area contributed by atoms with Gasteiger partial charge in [-0.15, -0.1) is 0 Å². The smallest absolute Gasteiger partial charge is 0.252 e. The number of carbonyl (C=O) groups excluding carboxylic acids is 2. The van der Waals surface area contributed by atoms with Crippen molar-refractivity contribution in [3.05, 3.63) is 83.7 Å². The van der Waals surface area contributed by atoms with Gasteiger partial charge in [-0.25, -0.2) is 17.7 Å². The second-order valence-electron chi connectivity index (χ2n) is 8.63. The number of carbonyl (C=O) groups is 2. The zero-order valence-electron chi connectivity index (χ0n) is 20.7. The summed E-state index contributed by atoms with van der Waals surface area (Å²) in [7, 11) is -1.25. The molecule has 0 spiro atoms. The number of hydrogen-bond acceptors (Lipinski definition) is 6. The lowest BCUT2D eigenvalue weighted by Crippen LogP contribution is -2.46. The summed E-state index contributed by atoms with van der Waals surface area (Å²) in [5, 5.41) is 0. The Morgan fingerprint density at radius 2 is 1.59 bits per heavy atom. The molecule has 1 unspecified atom stereocenters. The molecule has 0 radical (unpaired) electrons. The van der Waals surface area contributed by atoms with Crippen molar-refractivity contribution in [1.82, 2.24) is 4.31 Å². The molecule has 4 rings (SSSR count). The van der Waals surface area contributed by atoms with Crippen LogP contribution in [0.5, 0.6) is 11.5 Å². The third-order valence-electron chi connectivity index (χ3n) is 6.25. The molecule has 1 aliphatic heterocycles. The highest BCUT2D eigenvalue weighted by molar-refractivity contribution is 7.89. The van der Waals surface area contributed by atoms with E-state index < -0.39 is 33.7 Å². The summed E-state index contributed by atoms with van der Waals surface area (Å²) in [5.74, 6) is -0.720. The summed E-state index contributed by atoms with van der Waals surface area (Å²) < 4.78 is 52.5. The number of hydrogen-bond donors (Lipinski definition) is 0. The van der Waals surface area contributed by atoms with E-state index in [1.807, 2.05) is 6.92 Å². The van der Waals surface area contributed by atoms with Gasteiger partial charge in [0.15, 0.2) is 11.5 Å². The number of methoxy groups -OCH3 is 2. The average Bonchev–Trinajstić information content (AvgIpc) is 3.17. The summed E-state index contributed by atoms with van der Waals surface area (Å²) in [4.78, 5) is 27.2. The molecule has 8 nitrogen and oxygen atoms in total. The molecular weight excluding hydrogens is 499 g/mol. The molecule has 0 saturated carbocycles. The largest absolute Gasteiger partial charge is 0.493 e. The lowest BCUT2D eigenvalue weighted by molar-refractivity contribution is -0.122. The Kier molecular flexibility index (Phi) is 7.60. The first kappa shape index (κ1) is 26.3. The lowest BCUT2D eigenvalue weighted by Gasteiger charge is -2.27. The highest BCUT2D eigenvalue weighted by atomic mass is 32.2. The van der Waals surface area contributed by atoms with Crippen LogP contribution in [0.25, 0.3) is 0 Å². The minimum Gasteiger partial charge on any atom is -0.493 e. The van der Waals surface area contributed by atoms with Crippen LogP contribution in [0.2, 0.25) is 0 Å². The summed E-state index contributed by atoms with van der Waals surface area (Å²) >= 11 is 0. The van der Waals surface area contributed by atoms with E-state index in [0.717, 1.165) is 44.6 Å². The van der Waals surface area contributed by atoms with E-state index in [0.29, 0.717) is 17.2 Å². The van der Waals surface area contributed by atoms with Gasteiger partial charge in [-0.1, -0.05) is 23.8 Å². The van der Waals surface area contributed by atoms with Crippen LogP contribution in [0.15, 0.2) is 71.6 Å². The van der Waals surface area contributed by atoms with Crippen LogP contribution in [0.4, 0.5) is 10.1 Å². The van der Waals surface area contributed by atoms with Gasteiger partial charge >= 0.3 is 0 Å². The first-order valence-corrected chi connectivity index (χ1v) is 13.0.